The summed E-state index contributed by atoms with van der Waals surface area (Å²) < 4.78 is 28.8. The molecule has 0 amide bonds. The largest absolute Gasteiger partial charge is 0.460 e. The summed E-state index contributed by atoms with van der Waals surface area (Å²) >= 11 is 0. The molecule has 0 bridgehead atoms. The molecule has 9 heteroatoms. The van der Waals surface area contributed by atoms with Crippen molar-refractivity contribution >= 4 is 11.9 Å². The molecule has 1 heterocycles. The average molecular weight is 615 g/mol. The van der Waals surface area contributed by atoms with Crippen LogP contribution in [0.25, 0.3) is 0 Å². The van der Waals surface area contributed by atoms with Gasteiger partial charge in [0.15, 0.2) is 11.6 Å². The van der Waals surface area contributed by atoms with E-state index in [0.29, 0.717) is 19.6 Å². The van der Waals surface area contributed by atoms with Crippen LogP contribution in [-0.2, 0) is 33.3 Å². The normalized spacial score (nSPS) is 18.0. The second-order valence-electron chi connectivity index (χ2n) is 14.3. The molecule has 1 saturated heterocycles. The summed E-state index contributed by atoms with van der Waals surface area (Å²) in [5.41, 5.74) is -3.96. The van der Waals surface area contributed by atoms with Crippen molar-refractivity contribution in [2.75, 3.05) is 13.2 Å². The summed E-state index contributed by atoms with van der Waals surface area (Å²) in [5, 5.41) is 21.8. The molecular formula is C34H62O9. The molecule has 0 aliphatic carbocycles. The molecule has 1 aliphatic heterocycles. The van der Waals surface area contributed by atoms with Crippen molar-refractivity contribution in [1.29, 1.82) is 0 Å². The molecule has 0 aromatic rings. The molecule has 9 nitrogen and oxygen atoms in total. The first-order chi connectivity index (χ1) is 19.8. The highest BCUT2D eigenvalue weighted by molar-refractivity contribution is 5.87. The molecule has 0 aromatic heterocycles. The number of ether oxygens (including phenoxy) is 5. The summed E-state index contributed by atoms with van der Waals surface area (Å²) in [7, 11) is 0. The van der Waals surface area contributed by atoms with Gasteiger partial charge in [-0.15, -0.1) is 0 Å². The summed E-state index contributed by atoms with van der Waals surface area (Å²) in [5.74, 6) is -3.99. The maximum Gasteiger partial charge on any atom is 0.342 e. The molecule has 1 rings (SSSR count). The molecule has 2 N–H and O–H groups in total. The van der Waals surface area contributed by atoms with Gasteiger partial charge in [-0.05, 0) is 81.1 Å². The van der Waals surface area contributed by atoms with Crippen LogP contribution in [0.3, 0.4) is 0 Å². The molecule has 0 aromatic carbocycles. The van der Waals surface area contributed by atoms with E-state index in [2.05, 4.69) is 6.92 Å². The van der Waals surface area contributed by atoms with Gasteiger partial charge in [-0.25, -0.2) is 4.79 Å². The summed E-state index contributed by atoms with van der Waals surface area (Å²) in [6, 6.07) is 0. The van der Waals surface area contributed by atoms with Crippen LogP contribution in [-0.4, -0.2) is 69.8 Å². The molecule has 252 valence electrons. The number of esters is 2. The maximum atomic E-state index is 13.5. The first kappa shape index (κ1) is 39.5. The van der Waals surface area contributed by atoms with E-state index in [-0.39, 0.29) is 0 Å². The fraction of sp³-hybridized carbons (Fsp3) is 0.882. The zero-order valence-corrected chi connectivity index (χ0v) is 28.6. The van der Waals surface area contributed by atoms with Crippen LogP contribution < -0.4 is 0 Å². The molecule has 2 atom stereocenters. The zero-order chi connectivity index (χ0) is 32.8. The number of hydrogen-bond donors (Lipinski definition) is 2. The minimum atomic E-state index is -2.21. The molecule has 1 fully saturated rings. The number of carbonyl (C=O) groups excluding carboxylic acids is 2. The smallest absolute Gasteiger partial charge is 0.342 e. The van der Waals surface area contributed by atoms with Crippen LogP contribution >= 0.6 is 0 Å². The predicted octanol–water partition coefficient (Wildman–Crippen LogP) is 6.91. The second kappa shape index (κ2) is 17.8. The standard InChI is InChI=1S/C34H62O9/c1-10-11-12-16-19-22-33(39-24-25-40-33)23-20-17-14-13-15-18-21-27(35)34(43-32(8,9)38,29(37)42-31(5,6)7)26-28(36)41-30(2,3)4/h18,21,27,35,38H,10-17,19-20,22-26H2,1-9H3/b21-18+/t27-,34+/m0/s1. The topological polar surface area (TPSA) is 121 Å². The van der Waals surface area contributed by atoms with Crippen molar-refractivity contribution < 1.29 is 43.5 Å². The van der Waals surface area contributed by atoms with Crippen molar-refractivity contribution in [3.63, 3.8) is 0 Å². The quantitative estimate of drug-likeness (QED) is 0.0652. The highest BCUT2D eigenvalue weighted by Crippen LogP contribution is 2.33. The Hall–Kier alpha value is -1.52. The molecule has 0 unspecified atom stereocenters. The Morgan fingerprint density at radius 1 is 0.814 bits per heavy atom. The van der Waals surface area contributed by atoms with Gasteiger partial charge in [-0.3, -0.25) is 4.79 Å². The fourth-order valence-electron chi connectivity index (χ4n) is 5.14. The number of carbonyl (C=O) groups is 2. The SMILES string of the molecule is CCCCCCCC1(CCCCCC/C=C/[C@H](O)[C@@](CC(=O)OC(C)(C)C)(OC(C)(C)O)C(=O)OC(C)(C)C)OCCO1. The number of allylic oxidation sites excluding steroid dienone is 1. The van der Waals surface area contributed by atoms with E-state index in [9.17, 15) is 19.8 Å². The first-order valence-corrected chi connectivity index (χ1v) is 16.3. The minimum absolute atomic E-state index is 0.421. The van der Waals surface area contributed by atoms with Crippen LogP contribution in [0.4, 0.5) is 0 Å². The van der Waals surface area contributed by atoms with Crippen LogP contribution in [0.15, 0.2) is 12.2 Å². The third kappa shape index (κ3) is 16.4. The van der Waals surface area contributed by atoms with E-state index < -0.39 is 52.8 Å². The van der Waals surface area contributed by atoms with Crippen LogP contribution in [0.2, 0.25) is 0 Å². The minimum Gasteiger partial charge on any atom is -0.460 e. The van der Waals surface area contributed by atoms with Crippen LogP contribution in [0, 0.1) is 0 Å². The maximum absolute atomic E-state index is 13.5. The van der Waals surface area contributed by atoms with Crippen molar-refractivity contribution in [3.8, 4) is 0 Å². The van der Waals surface area contributed by atoms with Crippen molar-refractivity contribution in [1.82, 2.24) is 0 Å². The van der Waals surface area contributed by atoms with Gasteiger partial charge in [0.05, 0.1) is 19.6 Å². The third-order valence-electron chi connectivity index (χ3n) is 6.95. The van der Waals surface area contributed by atoms with Crippen molar-refractivity contribution in [2.45, 2.75) is 180 Å². The Morgan fingerprint density at radius 2 is 1.33 bits per heavy atom. The summed E-state index contributed by atoms with van der Waals surface area (Å²) in [6.07, 6.45) is 13.5. The zero-order valence-electron chi connectivity index (χ0n) is 28.6. The summed E-state index contributed by atoms with van der Waals surface area (Å²) in [4.78, 5) is 26.4. The Kier molecular flexibility index (Phi) is 16.4. The third-order valence-corrected chi connectivity index (χ3v) is 6.95. The molecule has 0 radical (unpaired) electrons. The number of aliphatic hydroxyl groups excluding tert-OH is 1. The lowest BCUT2D eigenvalue weighted by molar-refractivity contribution is -0.273. The monoisotopic (exact) mass is 614 g/mol. The summed E-state index contributed by atoms with van der Waals surface area (Å²) in [6.45, 7) is 16.3. The average Bonchev–Trinajstić information content (AvgIpc) is 3.30. The van der Waals surface area contributed by atoms with Gasteiger partial charge in [-0.1, -0.05) is 57.6 Å². The number of aliphatic hydroxyl groups is 2. The highest BCUT2D eigenvalue weighted by atomic mass is 16.7. The van der Waals surface area contributed by atoms with E-state index in [1.807, 2.05) is 0 Å². The van der Waals surface area contributed by atoms with Crippen LogP contribution in [0.5, 0.6) is 0 Å². The molecular weight excluding hydrogens is 552 g/mol. The molecule has 43 heavy (non-hydrogen) atoms. The van der Waals surface area contributed by atoms with Gasteiger partial charge >= 0.3 is 11.9 Å². The van der Waals surface area contributed by atoms with Crippen LogP contribution in [0.1, 0.15) is 146 Å². The van der Waals surface area contributed by atoms with Gasteiger partial charge in [0.1, 0.15) is 17.3 Å². The highest BCUT2D eigenvalue weighted by Gasteiger charge is 2.53. The van der Waals surface area contributed by atoms with E-state index in [1.54, 1.807) is 47.6 Å². The van der Waals surface area contributed by atoms with Gasteiger partial charge in [0.25, 0.3) is 0 Å². The van der Waals surface area contributed by atoms with Gasteiger partial charge in [0.2, 0.25) is 5.60 Å². The van der Waals surface area contributed by atoms with E-state index >= 15 is 0 Å². The van der Waals surface area contributed by atoms with Gasteiger partial charge in [-0.2, -0.15) is 0 Å². The Balaban J connectivity index is 2.79. The van der Waals surface area contributed by atoms with Crippen molar-refractivity contribution in [2.24, 2.45) is 0 Å². The Labute approximate surface area is 261 Å². The van der Waals surface area contributed by atoms with Crippen molar-refractivity contribution in [3.05, 3.63) is 12.2 Å². The Bertz CT molecular complexity index is 841. The van der Waals surface area contributed by atoms with E-state index in [0.717, 1.165) is 44.9 Å². The second-order valence-corrected chi connectivity index (χ2v) is 14.3. The lowest BCUT2D eigenvalue weighted by Gasteiger charge is -2.40. The lowest BCUT2D eigenvalue weighted by Crippen LogP contribution is -2.58. The molecule has 1 aliphatic rings. The predicted molar refractivity (Wildman–Crippen MR) is 167 cm³/mol. The number of unbranched alkanes of at least 4 members (excludes halogenated alkanes) is 8. The fourth-order valence-corrected chi connectivity index (χ4v) is 5.14. The number of hydrogen-bond acceptors (Lipinski definition) is 9. The first-order valence-electron chi connectivity index (χ1n) is 16.3. The lowest BCUT2D eigenvalue weighted by atomic mass is 9.90. The molecule has 0 spiro atoms. The van der Waals surface area contributed by atoms with Gasteiger partial charge in [0, 0.05) is 12.8 Å². The van der Waals surface area contributed by atoms with E-state index in [1.165, 1.54) is 45.6 Å². The van der Waals surface area contributed by atoms with E-state index in [4.69, 9.17) is 23.7 Å². The molecule has 0 saturated carbocycles. The Morgan fingerprint density at radius 3 is 1.81 bits per heavy atom. The van der Waals surface area contributed by atoms with Gasteiger partial charge < -0.3 is 33.9 Å². The number of rotatable bonds is 20.